The molecule has 1 aliphatic heterocycles. The van der Waals surface area contributed by atoms with Crippen LogP contribution < -0.4 is 4.90 Å². The van der Waals surface area contributed by atoms with Crippen LogP contribution in [-0.4, -0.2) is 47.8 Å². The monoisotopic (exact) mass is 341 g/mol. The first-order valence-electron chi connectivity index (χ1n) is 6.70. The van der Waals surface area contributed by atoms with Crippen molar-refractivity contribution in [2.24, 2.45) is 0 Å². The number of pyridine rings is 1. The number of nitrogens with zero attached hydrogens (tertiary/aromatic N) is 3. The molecule has 1 aromatic heterocycles. The van der Waals surface area contributed by atoms with Crippen molar-refractivity contribution in [2.45, 2.75) is 26.4 Å². The maximum absolute atomic E-state index is 12.0. The fourth-order valence-corrected chi connectivity index (χ4v) is 2.54. The summed E-state index contributed by atoms with van der Waals surface area (Å²) in [5.74, 6) is 0.927. The molecule has 0 unspecified atom stereocenters. The Morgan fingerprint density at radius 1 is 1.30 bits per heavy atom. The van der Waals surface area contributed by atoms with Crippen molar-refractivity contribution in [3.8, 4) is 0 Å². The molecule has 0 N–H and O–H groups in total. The second kappa shape index (κ2) is 5.99. The van der Waals surface area contributed by atoms with E-state index in [0.29, 0.717) is 13.1 Å². The highest BCUT2D eigenvalue weighted by molar-refractivity contribution is 9.10. The first kappa shape index (κ1) is 15.1. The van der Waals surface area contributed by atoms with Gasteiger partial charge in [0.05, 0.1) is 4.47 Å². The predicted molar refractivity (Wildman–Crippen MR) is 82.0 cm³/mol. The normalized spacial score (nSPS) is 16.2. The first-order valence-corrected chi connectivity index (χ1v) is 7.49. The summed E-state index contributed by atoms with van der Waals surface area (Å²) in [4.78, 5) is 20.3. The molecule has 1 saturated heterocycles. The molecule has 1 fully saturated rings. The number of anilines is 1. The molecule has 110 valence electrons. The summed E-state index contributed by atoms with van der Waals surface area (Å²) >= 11 is 3.51. The molecular formula is C14H20BrN3O2. The van der Waals surface area contributed by atoms with Crippen LogP contribution in [0.3, 0.4) is 0 Å². The lowest BCUT2D eigenvalue weighted by atomic mass is 10.2. The Morgan fingerprint density at radius 3 is 2.50 bits per heavy atom. The lowest BCUT2D eigenvalue weighted by Gasteiger charge is -2.36. The summed E-state index contributed by atoms with van der Waals surface area (Å²) in [6.45, 7) is 8.46. The van der Waals surface area contributed by atoms with Gasteiger partial charge in [0.25, 0.3) is 0 Å². The minimum Gasteiger partial charge on any atom is -0.444 e. The van der Waals surface area contributed by atoms with Gasteiger partial charge in [-0.05, 0) is 48.8 Å². The van der Waals surface area contributed by atoms with Gasteiger partial charge in [0.1, 0.15) is 11.4 Å². The Bertz CT molecular complexity index is 480. The zero-order valence-corrected chi connectivity index (χ0v) is 13.7. The van der Waals surface area contributed by atoms with E-state index in [1.54, 1.807) is 11.1 Å². The summed E-state index contributed by atoms with van der Waals surface area (Å²) in [5, 5.41) is 0. The zero-order chi connectivity index (χ0) is 14.8. The minimum atomic E-state index is -0.446. The maximum atomic E-state index is 12.0. The molecule has 0 atom stereocenters. The molecule has 1 amide bonds. The number of rotatable bonds is 1. The van der Waals surface area contributed by atoms with Gasteiger partial charge in [0.2, 0.25) is 0 Å². The molecule has 20 heavy (non-hydrogen) atoms. The Labute approximate surface area is 128 Å². The van der Waals surface area contributed by atoms with Gasteiger partial charge in [0, 0.05) is 32.4 Å². The molecule has 0 aromatic carbocycles. The highest BCUT2D eigenvalue weighted by Crippen LogP contribution is 2.24. The summed E-state index contributed by atoms with van der Waals surface area (Å²) in [7, 11) is 0. The molecule has 2 heterocycles. The second-order valence-corrected chi connectivity index (χ2v) is 6.62. The SMILES string of the molecule is CC(C)(C)OC(=O)N1CCN(c2ncccc2Br)CC1. The molecule has 0 bridgehead atoms. The second-order valence-electron chi connectivity index (χ2n) is 5.76. The molecule has 0 saturated carbocycles. The van der Waals surface area contributed by atoms with Crippen molar-refractivity contribution in [3.63, 3.8) is 0 Å². The Balaban J connectivity index is 1.93. The Morgan fingerprint density at radius 2 is 1.95 bits per heavy atom. The number of amides is 1. The number of carbonyl (C=O) groups excluding carboxylic acids is 1. The molecule has 5 nitrogen and oxygen atoms in total. The standard InChI is InChI=1S/C14H20BrN3O2/c1-14(2,3)20-13(19)18-9-7-17(8-10-18)12-11(15)5-4-6-16-12/h4-6H,7-10H2,1-3H3. The van der Waals surface area contributed by atoms with E-state index >= 15 is 0 Å². The lowest BCUT2D eigenvalue weighted by Crippen LogP contribution is -2.50. The third-order valence-corrected chi connectivity index (χ3v) is 3.59. The number of hydrogen-bond donors (Lipinski definition) is 0. The quantitative estimate of drug-likeness (QED) is 0.787. The zero-order valence-electron chi connectivity index (χ0n) is 12.1. The predicted octanol–water partition coefficient (Wildman–Crippen LogP) is 2.90. The number of aromatic nitrogens is 1. The number of hydrogen-bond acceptors (Lipinski definition) is 4. The van der Waals surface area contributed by atoms with Crippen molar-refractivity contribution in [2.75, 3.05) is 31.1 Å². The topological polar surface area (TPSA) is 45.7 Å². The van der Waals surface area contributed by atoms with Crippen LogP contribution in [0.4, 0.5) is 10.6 Å². The van der Waals surface area contributed by atoms with E-state index in [1.807, 2.05) is 32.9 Å². The lowest BCUT2D eigenvalue weighted by molar-refractivity contribution is 0.0240. The van der Waals surface area contributed by atoms with Gasteiger partial charge < -0.3 is 14.5 Å². The molecular weight excluding hydrogens is 322 g/mol. The van der Waals surface area contributed by atoms with Crippen LogP contribution in [0, 0.1) is 0 Å². The summed E-state index contributed by atoms with van der Waals surface area (Å²) < 4.78 is 6.36. The van der Waals surface area contributed by atoms with Gasteiger partial charge in [-0.25, -0.2) is 9.78 Å². The highest BCUT2D eigenvalue weighted by atomic mass is 79.9. The number of ether oxygens (including phenoxy) is 1. The van der Waals surface area contributed by atoms with Crippen LogP contribution in [0.15, 0.2) is 22.8 Å². The first-order chi connectivity index (χ1) is 9.37. The van der Waals surface area contributed by atoms with Gasteiger partial charge >= 0.3 is 6.09 Å². The van der Waals surface area contributed by atoms with E-state index in [9.17, 15) is 4.79 Å². The fourth-order valence-electron chi connectivity index (χ4n) is 2.04. The molecule has 6 heteroatoms. The summed E-state index contributed by atoms with van der Waals surface area (Å²) in [6.07, 6.45) is 1.54. The summed E-state index contributed by atoms with van der Waals surface area (Å²) in [6, 6.07) is 3.87. The molecule has 0 spiro atoms. The van der Waals surface area contributed by atoms with Gasteiger partial charge in [-0.2, -0.15) is 0 Å². The van der Waals surface area contributed by atoms with E-state index in [-0.39, 0.29) is 6.09 Å². The van der Waals surface area contributed by atoms with Crippen LogP contribution >= 0.6 is 15.9 Å². The number of carbonyl (C=O) groups is 1. The van der Waals surface area contributed by atoms with E-state index < -0.39 is 5.60 Å². The van der Waals surface area contributed by atoms with Crippen LogP contribution in [-0.2, 0) is 4.74 Å². The van der Waals surface area contributed by atoms with Gasteiger partial charge in [0.15, 0.2) is 0 Å². The van der Waals surface area contributed by atoms with Crippen molar-refractivity contribution in [3.05, 3.63) is 22.8 Å². The van der Waals surface area contributed by atoms with Gasteiger partial charge in [-0.15, -0.1) is 0 Å². The number of piperazine rings is 1. The van der Waals surface area contributed by atoms with E-state index in [1.165, 1.54) is 0 Å². The van der Waals surface area contributed by atoms with E-state index in [2.05, 4.69) is 25.8 Å². The fraction of sp³-hybridized carbons (Fsp3) is 0.571. The van der Waals surface area contributed by atoms with E-state index in [4.69, 9.17) is 4.74 Å². The van der Waals surface area contributed by atoms with Crippen molar-refractivity contribution in [1.82, 2.24) is 9.88 Å². The minimum absolute atomic E-state index is 0.239. The third kappa shape index (κ3) is 3.85. The van der Waals surface area contributed by atoms with Gasteiger partial charge in [-0.1, -0.05) is 0 Å². The largest absolute Gasteiger partial charge is 0.444 e. The average molecular weight is 342 g/mol. The molecule has 1 aliphatic rings. The van der Waals surface area contributed by atoms with Crippen LogP contribution in [0.1, 0.15) is 20.8 Å². The summed E-state index contributed by atoms with van der Waals surface area (Å²) in [5.41, 5.74) is -0.446. The van der Waals surface area contributed by atoms with E-state index in [0.717, 1.165) is 23.4 Å². The van der Waals surface area contributed by atoms with Crippen molar-refractivity contribution < 1.29 is 9.53 Å². The van der Waals surface area contributed by atoms with Crippen LogP contribution in [0.25, 0.3) is 0 Å². The maximum Gasteiger partial charge on any atom is 0.410 e. The van der Waals surface area contributed by atoms with Gasteiger partial charge in [-0.3, -0.25) is 0 Å². The highest BCUT2D eigenvalue weighted by Gasteiger charge is 2.26. The third-order valence-electron chi connectivity index (χ3n) is 2.97. The van der Waals surface area contributed by atoms with Crippen LogP contribution in [0.2, 0.25) is 0 Å². The smallest absolute Gasteiger partial charge is 0.410 e. The van der Waals surface area contributed by atoms with Crippen molar-refractivity contribution in [1.29, 1.82) is 0 Å². The Kier molecular flexibility index (Phi) is 4.52. The Hall–Kier alpha value is -1.30. The average Bonchev–Trinajstić information content (AvgIpc) is 2.37. The molecule has 0 aliphatic carbocycles. The molecule has 0 radical (unpaired) electrons. The van der Waals surface area contributed by atoms with Crippen molar-refractivity contribution >= 4 is 27.8 Å². The molecule has 2 rings (SSSR count). The molecule has 1 aromatic rings. The number of halogens is 1. The van der Waals surface area contributed by atoms with Crippen LogP contribution in [0.5, 0.6) is 0 Å².